The van der Waals surface area contributed by atoms with Gasteiger partial charge in [-0.05, 0) is 123 Å². The highest BCUT2D eigenvalue weighted by atomic mass is 15.1. The van der Waals surface area contributed by atoms with Crippen LogP contribution >= 0.6 is 0 Å². The minimum absolute atomic E-state index is 0.0575. The molecule has 0 saturated heterocycles. The number of fused-ring (bicyclic) bond motifs is 4. The molecule has 0 N–H and O–H groups in total. The fourth-order valence-electron chi connectivity index (χ4n) is 9.61. The summed E-state index contributed by atoms with van der Waals surface area (Å²) in [6.07, 6.45) is 6.52. The van der Waals surface area contributed by atoms with Crippen molar-refractivity contribution in [1.29, 1.82) is 0 Å². The molecule has 0 aliphatic heterocycles. The van der Waals surface area contributed by atoms with Crippen molar-refractivity contribution in [1.82, 2.24) is 4.57 Å². The monoisotopic (exact) mass is 750 g/mol. The summed E-state index contributed by atoms with van der Waals surface area (Å²) in [5.41, 5.74) is 14.9. The van der Waals surface area contributed by atoms with Gasteiger partial charge in [0.05, 0.1) is 16.7 Å². The Balaban J connectivity index is 1.15. The van der Waals surface area contributed by atoms with Crippen molar-refractivity contribution >= 4 is 49.6 Å². The second kappa shape index (κ2) is 14.8. The van der Waals surface area contributed by atoms with Crippen LogP contribution in [-0.2, 0) is 5.41 Å². The first-order valence-corrected chi connectivity index (χ1v) is 21.1. The Morgan fingerprint density at radius 3 is 1.98 bits per heavy atom. The molecule has 0 unspecified atom stereocenters. The molecule has 0 radical (unpaired) electrons. The minimum atomic E-state index is 0.0575. The summed E-state index contributed by atoms with van der Waals surface area (Å²) in [5, 5.41) is 5.25. The predicted octanol–water partition coefficient (Wildman–Crippen LogP) is 16.1. The maximum absolute atomic E-state index is 2.48. The van der Waals surface area contributed by atoms with Gasteiger partial charge in [-0.3, -0.25) is 0 Å². The summed E-state index contributed by atoms with van der Waals surface area (Å²) in [6.45, 7) is 6.87. The lowest BCUT2D eigenvalue weighted by atomic mass is 9.80. The maximum Gasteiger partial charge on any atom is 0.0541 e. The van der Waals surface area contributed by atoms with E-state index in [1.54, 1.807) is 0 Å². The van der Waals surface area contributed by atoms with Crippen LogP contribution in [0.4, 0.5) is 17.1 Å². The average molecular weight is 751 g/mol. The van der Waals surface area contributed by atoms with E-state index in [-0.39, 0.29) is 5.41 Å². The molecule has 0 spiro atoms. The van der Waals surface area contributed by atoms with Gasteiger partial charge in [-0.1, -0.05) is 161 Å². The number of rotatable bonds is 7. The summed E-state index contributed by atoms with van der Waals surface area (Å²) in [5.74, 6) is 0.600. The van der Waals surface area contributed by atoms with Gasteiger partial charge < -0.3 is 9.47 Å². The largest absolute Gasteiger partial charge is 0.310 e. The molecule has 1 heterocycles. The Morgan fingerprint density at radius 1 is 0.500 bits per heavy atom. The fraction of sp³-hybridized carbons (Fsp3) is 0.179. The van der Waals surface area contributed by atoms with Gasteiger partial charge in [0.1, 0.15) is 0 Å². The average Bonchev–Trinajstić information content (AvgIpc) is 3.61. The molecule has 0 bridgehead atoms. The third kappa shape index (κ3) is 6.47. The molecular weight excluding hydrogens is 701 g/mol. The first-order chi connectivity index (χ1) is 28.4. The van der Waals surface area contributed by atoms with E-state index >= 15 is 0 Å². The van der Waals surface area contributed by atoms with Gasteiger partial charge in [-0.25, -0.2) is 0 Å². The number of benzene rings is 8. The molecule has 0 atom stereocenters. The van der Waals surface area contributed by atoms with Crippen LogP contribution in [0.1, 0.15) is 69.9 Å². The van der Waals surface area contributed by atoms with Crippen molar-refractivity contribution in [3.8, 4) is 27.9 Å². The standard InChI is InChI=1S/C56H50N2/c1-56(2,3)43-32-34-45(35-33-43)57(52-29-12-10-25-48(52)50-28-16-20-40-19-15-27-47(55(40)50)39-17-6-4-7-18-39)46-24-14-21-41(37-46)42-31-36-54-51(38-42)49-26-11-13-30-53(49)58(54)44-22-8-5-9-23-44/h5,8-16,19-39H,4,6-7,17-18H2,1-3H3. The minimum Gasteiger partial charge on any atom is -0.310 e. The van der Waals surface area contributed by atoms with Gasteiger partial charge in [0.25, 0.3) is 0 Å². The molecule has 1 saturated carbocycles. The van der Waals surface area contributed by atoms with Crippen LogP contribution in [-0.4, -0.2) is 4.57 Å². The molecule has 284 valence electrons. The topological polar surface area (TPSA) is 8.17 Å². The summed E-state index contributed by atoms with van der Waals surface area (Å²) >= 11 is 0. The Hall–Kier alpha value is -6.38. The van der Waals surface area contributed by atoms with Gasteiger partial charge in [-0.15, -0.1) is 0 Å². The van der Waals surface area contributed by atoms with E-state index in [2.05, 4.69) is 212 Å². The van der Waals surface area contributed by atoms with Crippen LogP contribution < -0.4 is 4.90 Å². The maximum atomic E-state index is 2.48. The Labute approximate surface area is 343 Å². The van der Waals surface area contributed by atoms with Gasteiger partial charge in [0.15, 0.2) is 0 Å². The zero-order valence-electron chi connectivity index (χ0n) is 33.8. The summed E-state index contributed by atoms with van der Waals surface area (Å²) in [4.78, 5) is 2.48. The lowest BCUT2D eigenvalue weighted by Crippen LogP contribution is -2.14. The van der Waals surface area contributed by atoms with Gasteiger partial charge >= 0.3 is 0 Å². The first kappa shape index (κ1) is 36.0. The second-order valence-electron chi connectivity index (χ2n) is 17.2. The summed E-state index contributed by atoms with van der Waals surface area (Å²) in [7, 11) is 0. The highest BCUT2D eigenvalue weighted by molar-refractivity contribution is 6.10. The van der Waals surface area contributed by atoms with Crippen LogP contribution in [0.25, 0.3) is 60.5 Å². The fourth-order valence-corrected chi connectivity index (χ4v) is 9.61. The molecule has 1 fully saturated rings. The lowest BCUT2D eigenvalue weighted by Gasteiger charge is -2.30. The van der Waals surface area contributed by atoms with Crippen LogP contribution in [0.2, 0.25) is 0 Å². The van der Waals surface area contributed by atoms with Crippen molar-refractivity contribution in [2.75, 3.05) is 4.90 Å². The van der Waals surface area contributed by atoms with Crippen LogP contribution in [0.5, 0.6) is 0 Å². The number of hydrogen-bond donors (Lipinski definition) is 0. The molecule has 1 aliphatic rings. The van der Waals surface area contributed by atoms with Crippen molar-refractivity contribution in [2.24, 2.45) is 0 Å². The molecule has 0 amide bonds. The molecule has 2 heteroatoms. The van der Waals surface area contributed by atoms with Crippen molar-refractivity contribution in [3.63, 3.8) is 0 Å². The number of aromatic nitrogens is 1. The predicted molar refractivity (Wildman–Crippen MR) is 248 cm³/mol. The molecule has 1 aromatic heterocycles. The number of nitrogens with zero attached hydrogens (tertiary/aromatic N) is 2. The lowest BCUT2D eigenvalue weighted by molar-refractivity contribution is 0.445. The number of hydrogen-bond acceptors (Lipinski definition) is 1. The van der Waals surface area contributed by atoms with E-state index in [1.165, 1.54) is 109 Å². The molecule has 1 aliphatic carbocycles. The van der Waals surface area contributed by atoms with E-state index in [1.807, 2.05) is 0 Å². The number of anilines is 3. The van der Waals surface area contributed by atoms with Gasteiger partial charge in [0, 0.05) is 33.4 Å². The van der Waals surface area contributed by atoms with Crippen molar-refractivity contribution < 1.29 is 0 Å². The first-order valence-electron chi connectivity index (χ1n) is 21.1. The molecule has 58 heavy (non-hydrogen) atoms. The SMILES string of the molecule is CC(C)(C)c1ccc(N(c2cccc(-c3ccc4c(c3)c3ccccc3n4-c3ccccc3)c2)c2ccccc2-c2cccc3cccc(C4CCCCC4)c23)cc1. The Bertz CT molecular complexity index is 2900. The molecule has 10 rings (SSSR count). The highest BCUT2D eigenvalue weighted by Crippen LogP contribution is 2.46. The zero-order chi connectivity index (χ0) is 39.2. The summed E-state index contributed by atoms with van der Waals surface area (Å²) in [6, 6.07) is 67.8. The van der Waals surface area contributed by atoms with E-state index in [9.17, 15) is 0 Å². The third-order valence-corrected chi connectivity index (χ3v) is 12.5. The normalized spacial score (nSPS) is 13.7. The third-order valence-electron chi connectivity index (χ3n) is 12.5. The van der Waals surface area contributed by atoms with Crippen LogP contribution in [0.3, 0.4) is 0 Å². The van der Waals surface area contributed by atoms with Gasteiger partial charge in [-0.2, -0.15) is 0 Å². The quantitative estimate of drug-likeness (QED) is 0.157. The van der Waals surface area contributed by atoms with Crippen molar-refractivity contribution in [2.45, 2.75) is 64.2 Å². The molecule has 2 nitrogen and oxygen atoms in total. The van der Waals surface area contributed by atoms with E-state index in [0.29, 0.717) is 5.92 Å². The number of para-hydroxylation sites is 3. The zero-order valence-corrected chi connectivity index (χ0v) is 33.8. The smallest absolute Gasteiger partial charge is 0.0541 e. The highest BCUT2D eigenvalue weighted by Gasteiger charge is 2.24. The molecular formula is C56H50N2. The Kier molecular flexibility index (Phi) is 9.21. The summed E-state index contributed by atoms with van der Waals surface area (Å²) < 4.78 is 2.39. The van der Waals surface area contributed by atoms with Crippen LogP contribution in [0, 0.1) is 0 Å². The molecule has 9 aromatic rings. The molecule has 8 aromatic carbocycles. The van der Waals surface area contributed by atoms with Gasteiger partial charge in [0.2, 0.25) is 0 Å². The van der Waals surface area contributed by atoms with Crippen molar-refractivity contribution in [3.05, 3.63) is 193 Å². The van der Waals surface area contributed by atoms with E-state index in [4.69, 9.17) is 0 Å². The van der Waals surface area contributed by atoms with Crippen LogP contribution in [0.15, 0.2) is 182 Å². The van der Waals surface area contributed by atoms with E-state index in [0.717, 1.165) is 11.4 Å². The van der Waals surface area contributed by atoms with E-state index < -0.39 is 0 Å². The second-order valence-corrected chi connectivity index (χ2v) is 17.2. The Morgan fingerprint density at radius 2 is 1.17 bits per heavy atom.